The molecule has 0 aliphatic rings. The van der Waals surface area contributed by atoms with Crippen molar-refractivity contribution < 1.29 is 13.2 Å². The number of hydrogen-bond donors (Lipinski definition) is 1. The lowest BCUT2D eigenvalue weighted by Gasteiger charge is -2.35. The second-order valence-corrected chi connectivity index (χ2v) is 5.91. The summed E-state index contributed by atoms with van der Waals surface area (Å²) in [7, 11) is 3.73. The number of nitrogens with one attached hydrogen (secondary N) is 1. The van der Waals surface area contributed by atoms with Gasteiger partial charge in [0.1, 0.15) is 6.54 Å². The van der Waals surface area contributed by atoms with E-state index in [0.717, 1.165) is 12.3 Å². The van der Waals surface area contributed by atoms with E-state index in [9.17, 15) is 13.2 Å². The van der Waals surface area contributed by atoms with E-state index in [-0.39, 0.29) is 5.54 Å². The zero-order chi connectivity index (χ0) is 14.9. The topological polar surface area (TPSA) is 24.9 Å². The van der Waals surface area contributed by atoms with Gasteiger partial charge in [-0.05, 0) is 31.7 Å². The lowest BCUT2D eigenvalue weighted by molar-refractivity contribution is -0.137. The molecule has 0 spiro atoms. The van der Waals surface area contributed by atoms with Crippen molar-refractivity contribution in [1.29, 1.82) is 0 Å². The van der Waals surface area contributed by atoms with Gasteiger partial charge in [-0.1, -0.05) is 0 Å². The largest absolute Gasteiger partial charge is 0.417 e. The van der Waals surface area contributed by atoms with Crippen LogP contribution in [0, 0.1) is 0 Å². The number of likely N-dealkylation sites (N-methyl/N-ethyl adjacent to an activating group) is 1. The van der Waals surface area contributed by atoms with Gasteiger partial charge in [0, 0.05) is 12.3 Å². The van der Waals surface area contributed by atoms with E-state index in [4.69, 9.17) is 11.8 Å². The molecule has 0 bridgehead atoms. The van der Waals surface area contributed by atoms with E-state index in [0.29, 0.717) is 16.8 Å². The minimum atomic E-state index is -4.36. The molecule has 0 amide bonds. The lowest BCUT2D eigenvalue weighted by Crippen LogP contribution is -2.54. The fourth-order valence-corrected chi connectivity index (χ4v) is 2.07. The standard InChI is InChI=1S/C12H18ClF3N3/c1-11(2,18-13)8-19(3,4)10-6-5-9(7-17-10)12(14,15)16/h5-7,18H,8H2,1-4H3/q+1. The fraction of sp³-hybridized carbons (Fsp3) is 0.583. The highest BCUT2D eigenvalue weighted by atomic mass is 35.5. The lowest BCUT2D eigenvalue weighted by atomic mass is 10.1. The Morgan fingerprint density at radius 2 is 1.84 bits per heavy atom. The molecule has 19 heavy (non-hydrogen) atoms. The summed E-state index contributed by atoms with van der Waals surface area (Å²) in [5, 5.41) is 0. The molecule has 0 aliphatic heterocycles. The van der Waals surface area contributed by atoms with Crippen LogP contribution in [0.3, 0.4) is 0 Å². The summed E-state index contributed by atoms with van der Waals surface area (Å²) in [5.74, 6) is 0.549. The van der Waals surface area contributed by atoms with Crippen molar-refractivity contribution in [1.82, 2.24) is 14.3 Å². The number of hydrogen-bond acceptors (Lipinski definition) is 2. The van der Waals surface area contributed by atoms with E-state index in [1.165, 1.54) is 6.07 Å². The molecule has 0 atom stereocenters. The molecule has 1 aromatic rings. The number of halogens is 4. The summed E-state index contributed by atoms with van der Waals surface area (Å²) < 4.78 is 37.7. The van der Waals surface area contributed by atoms with E-state index in [1.807, 2.05) is 27.9 Å². The van der Waals surface area contributed by atoms with Gasteiger partial charge in [0.25, 0.3) is 0 Å². The van der Waals surface area contributed by atoms with Crippen LogP contribution < -0.4 is 9.32 Å². The number of alkyl halides is 3. The van der Waals surface area contributed by atoms with Crippen molar-refractivity contribution in [3.63, 3.8) is 0 Å². The van der Waals surface area contributed by atoms with Crippen LogP contribution in [0.5, 0.6) is 0 Å². The molecule has 0 saturated carbocycles. The second kappa shape index (κ2) is 5.26. The minimum Gasteiger partial charge on any atom is -0.278 e. The Morgan fingerprint density at radius 3 is 2.21 bits per heavy atom. The maximum absolute atomic E-state index is 12.5. The third kappa shape index (κ3) is 4.33. The SMILES string of the molecule is CC(C)(C[N+](C)(C)c1ccc(C(F)(F)F)cn1)NCl. The third-order valence-corrected chi connectivity index (χ3v) is 3.25. The van der Waals surface area contributed by atoms with Crippen molar-refractivity contribution in [3.8, 4) is 0 Å². The highest BCUT2D eigenvalue weighted by molar-refractivity contribution is 6.13. The molecule has 0 unspecified atom stereocenters. The van der Waals surface area contributed by atoms with Gasteiger partial charge in [-0.25, -0.2) is 9.82 Å². The van der Waals surface area contributed by atoms with Crippen molar-refractivity contribution in [2.24, 2.45) is 0 Å². The molecular weight excluding hydrogens is 279 g/mol. The predicted molar refractivity (Wildman–Crippen MR) is 70.8 cm³/mol. The molecule has 1 rings (SSSR count). The van der Waals surface area contributed by atoms with E-state index < -0.39 is 11.7 Å². The Labute approximate surface area is 116 Å². The molecular formula is C12H18ClF3N3+. The maximum atomic E-state index is 12.5. The van der Waals surface area contributed by atoms with Crippen molar-refractivity contribution in [2.75, 3.05) is 20.6 Å². The maximum Gasteiger partial charge on any atom is 0.417 e. The molecule has 7 heteroatoms. The van der Waals surface area contributed by atoms with Gasteiger partial charge in [-0.15, -0.1) is 0 Å². The molecule has 1 heterocycles. The Balaban J connectivity index is 2.97. The van der Waals surface area contributed by atoms with Crippen LogP contribution in [0.25, 0.3) is 0 Å². The number of rotatable bonds is 4. The van der Waals surface area contributed by atoms with Gasteiger partial charge in [-0.3, -0.25) is 4.48 Å². The van der Waals surface area contributed by atoms with Crippen LogP contribution in [-0.4, -0.2) is 31.2 Å². The molecule has 0 saturated heterocycles. The summed E-state index contributed by atoms with van der Waals surface area (Å²) in [6.45, 7) is 4.39. The second-order valence-electron chi connectivity index (χ2n) is 5.72. The number of nitrogens with zero attached hydrogens (tertiary/aromatic N) is 2. The molecule has 1 aromatic heterocycles. The quantitative estimate of drug-likeness (QED) is 0.682. The van der Waals surface area contributed by atoms with Crippen LogP contribution in [-0.2, 0) is 6.18 Å². The average molecular weight is 297 g/mol. The highest BCUT2D eigenvalue weighted by Gasteiger charge is 2.34. The zero-order valence-corrected chi connectivity index (χ0v) is 12.1. The molecule has 0 aliphatic carbocycles. The van der Waals surface area contributed by atoms with Crippen LogP contribution in [0.4, 0.5) is 19.0 Å². The summed E-state index contributed by atoms with van der Waals surface area (Å²) in [6, 6.07) is 2.44. The Kier molecular flexibility index (Phi) is 4.49. The molecule has 3 nitrogen and oxygen atoms in total. The smallest absolute Gasteiger partial charge is 0.278 e. The van der Waals surface area contributed by atoms with Crippen molar-refractivity contribution in [2.45, 2.75) is 25.6 Å². The number of aromatic nitrogens is 1. The minimum absolute atomic E-state index is 0.324. The summed E-state index contributed by atoms with van der Waals surface area (Å²) >= 11 is 5.64. The first-order chi connectivity index (χ1) is 8.48. The zero-order valence-electron chi connectivity index (χ0n) is 11.3. The first kappa shape index (κ1) is 16.2. The normalized spacial score (nSPS) is 13.7. The average Bonchev–Trinajstić information content (AvgIpc) is 2.27. The van der Waals surface area contributed by atoms with E-state index in [2.05, 4.69) is 9.82 Å². The molecule has 0 radical (unpaired) electrons. The summed E-state index contributed by atoms with van der Waals surface area (Å²) in [4.78, 5) is 6.57. The number of quaternary nitrogens is 1. The fourth-order valence-electron chi connectivity index (χ4n) is 2.01. The van der Waals surface area contributed by atoms with Crippen LogP contribution in [0.2, 0.25) is 0 Å². The molecule has 1 N–H and O–H groups in total. The van der Waals surface area contributed by atoms with Crippen molar-refractivity contribution >= 4 is 17.6 Å². The molecule has 0 aromatic carbocycles. The van der Waals surface area contributed by atoms with Gasteiger partial charge in [0.05, 0.1) is 25.2 Å². The Hall–Kier alpha value is -0.850. The first-order valence-corrected chi connectivity index (χ1v) is 6.10. The molecule has 0 fully saturated rings. The number of pyridine rings is 1. The predicted octanol–water partition coefficient (Wildman–Crippen LogP) is 3.19. The van der Waals surface area contributed by atoms with Gasteiger partial charge in [0.15, 0.2) is 0 Å². The van der Waals surface area contributed by atoms with Crippen LogP contribution in [0.15, 0.2) is 18.3 Å². The van der Waals surface area contributed by atoms with Crippen LogP contribution in [0.1, 0.15) is 19.4 Å². The highest BCUT2D eigenvalue weighted by Crippen LogP contribution is 2.30. The van der Waals surface area contributed by atoms with Gasteiger partial charge in [0.2, 0.25) is 5.82 Å². The Morgan fingerprint density at radius 1 is 1.26 bits per heavy atom. The monoisotopic (exact) mass is 296 g/mol. The van der Waals surface area contributed by atoms with E-state index in [1.54, 1.807) is 0 Å². The Bertz CT molecular complexity index is 427. The van der Waals surface area contributed by atoms with Gasteiger partial charge in [-0.2, -0.15) is 13.2 Å². The summed E-state index contributed by atoms with van der Waals surface area (Å²) in [6.07, 6.45) is -3.50. The van der Waals surface area contributed by atoms with Crippen LogP contribution >= 0.6 is 11.8 Å². The van der Waals surface area contributed by atoms with Gasteiger partial charge >= 0.3 is 6.18 Å². The van der Waals surface area contributed by atoms with Crippen molar-refractivity contribution in [3.05, 3.63) is 23.9 Å². The summed E-state index contributed by atoms with van der Waals surface area (Å²) in [5.41, 5.74) is -1.11. The first-order valence-electron chi connectivity index (χ1n) is 5.72. The van der Waals surface area contributed by atoms with Gasteiger partial charge < -0.3 is 0 Å². The molecule has 108 valence electrons. The third-order valence-electron chi connectivity index (χ3n) is 2.74. The van der Waals surface area contributed by atoms with E-state index >= 15 is 0 Å².